The zero-order valence-electron chi connectivity index (χ0n) is 10.2. The molecule has 1 atom stereocenters. The van der Waals surface area contributed by atoms with E-state index in [0.29, 0.717) is 5.02 Å². The normalized spacial score (nSPS) is 12.4. The first kappa shape index (κ1) is 13.6. The molecule has 0 saturated carbocycles. The Balaban J connectivity index is 2.22. The molecule has 2 aromatic rings. The molecule has 0 spiro atoms. The average molecular weight is 325 g/mol. The Labute approximate surface area is 121 Å². The lowest BCUT2D eigenvalue weighted by Gasteiger charge is -2.15. The summed E-state index contributed by atoms with van der Waals surface area (Å²) >= 11 is 9.45. The summed E-state index contributed by atoms with van der Waals surface area (Å²) in [6.07, 6.45) is 0.826. The lowest BCUT2D eigenvalue weighted by molar-refractivity contribution is 0.715. The molecule has 1 unspecified atom stereocenters. The quantitative estimate of drug-likeness (QED) is 0.873. The zero-order chi connectivity index (χ0) is 13.1. The molecule has 0 aliphatic rings. The molecule has 0 radical (unpaired) electrons. The maximum Gasteiger partial charge on any atom is 0.0417 e. The van der Waals surface area contributed by atoms with Gasteiger partial charge in [-0.1, -0.05) is 57.9 Å². The molecule has 94 valence electrons. The zero-order valence-corrected chi connectivity index (χ0v) is 12.5. The Hall–Kier alpha value is -0.830. The van der Waals surface area contributed by atoms with Gasteiger partial charge in [0.05, 0.1) is 0 Å². The first-order valence-corrected chi connectivity index (χ1v) is 7.00. The van der Waals surface area contributed by atoms with Crippen molar-refractivity contribution in [1.82, 2.24) is 0 Å². The van der Waals surface area contributed by atoms with Crippen molar-refractivity contribution in [2.45, 2.75) is 19.4 Å². The third-order valence-corrected chi connectivity index (χ3v) is 3.98. The molecule has 1 nitrogen and oxygen atoms in total. The molecule has 0 bridgehead atoms. The minimum Gasteiger partial charge on any atom is -0.324 e. The molecule has 0 saturated heterocycles. The molecule has 0 aliphatic carbocycles. The van der Waals surface area contributed by atoms with Crippen LogP contribution in [0.2, 0.25) is 5.02 Å². The van der Waals surface area contributed by atoms with Crippen LogP contribution in [0.3, 0.4) is 0 Å². The summed E-state index contributed by atoms with van der Waals surface area (Å²) < 4.78 is 0.969. The summed E-state index contributed by atoms with van der Waals surface area (Å²) in [7, 11) is 0. The Morgan fingerprint density at radius 3 is 2.61 bits per heavy atom. The van der Waals surface area contributed by atoms with Gasteiger partial charge in [-0.05, 0) is 42.2 Å². The summed E-state index contributed by atoms with van der Waals surface area (Å²) in [6, 6.07) is 14.0. The number of nitrogens with two attached hydrogens (primary N) is 1. The van der Waals surface area contributed by atoms with E-state index in [1.54, 1.807) is 0 Å². The Kier molecular flexibility index (Phi) is 4.44. The van der Waals surface area contributed by atoms with E-state index in [1.165, 1.54) is 11.1 Å². The van der Waals surface area contributed by atoms with Crippen molar-refractivity contribution in [3.63, 3.8) is 0 Å². The van der Waals surface area contributed by atoms with Crippen molar-refractivity contribution in [3.8, 4) is 0 Å². The van der Waals surface area contributed by atoms with Gasteiger partial charge in [-0.3, -0.25) is 0 Å². The second-order valence-electron chi connectivity index (χ2n) is 4.40. The largest absolute Gasteiger partial charge is 0.324 e. The van der Waals surface area contributed by atoms with Crippen molar-refractivity contribution in [2.75, 3.05) is 0 Å². The van der Waals surface area contributed by atoms with E-state index in [0.717, 1.165) is 16.5 Å². The van der Waals surface area contributed by atoms with Gasteiger partial charge >= 0.3 is 0 Å². The molecular formula is C15H15BrClN. The predicted molar refractivity (Wildman–Crippen MR) is 81.0 cm³/mol. The van der Waals surface area contributed by atoms with E-state index in [2.05, 4.69) is 35.0 Å². The second-order valence-corrected chi connectivity index (χ2v) is 5.69. The van der Waals surface area contributed by atoms with E-state index < -0.39 is 0 Å². The molecule has 2 rings (SSSR count). The van der Waals surface area contributed by atoms with Crippen molar-refractivity contribution >= 4 is 27.5 Å². The van der Waals surface area contributed by atoms with E-state index >= 15 is 0 Å². The fraction of sp³-hybridized carbons (Fsp3) is 0.200. The molecule has 0 fully saturated rings. The number of benzene rings is 2. The summed E-state index contributed by atoms with van der Waals surface area (Å²) in [5, 5.41) is 0.716. The first-order valence-electron chi connectivity index (χ1n) is 5.83. The Morgan fingerprint density at radius 2 is 1.94 bits per heavy atom. The molecule has 0 aromatic heterocycles. The molecule has 18 heavy (non-hydrogen) atoms. The number of rotatable bonds is 3. The van der Waals surface area contributed by atoms with Crippen molar-refractivity contribution < 1.29 is 0 Å². The maximum absolute atomic E-state index is 6.27. The monoisotopic (exact) mass is 323 g/mol. The fourth-order valence-electron chi connectivity index (χ4n) is 1.99. The highest BCUT2D eigenvalue weighted by Crippen LogP contribution is 2.28. The van der Waals surface area contributed by atoms with Crippen LogP contribution in [0.4, 0.5) is 0 Å². The van der Waals surface area contributed by atoms with Crippen LogP contribution in [0.25, 0.3) is 0 Å². The van der Waals surface area contributed by atoms with Gasteiger partial charge < -0.3 is 5.73 Å². The Bertz CT molecular complexity index is 554. The molecule has 2 aromatic carbocycles. The highest BCUT2D eigenvalue weighted by molar-refractivity contribution is 9.10. The third-order valence-electron chi connectivity index (χ3n) is 3.06. The topological polar surface area (TPSA) is 26.0 Å². The second kappa shape index (κ2) is 5.87. The van der Waals surface area contributed by atoms with Crippen LogP contribution >= 0.6 is 27.5 Å². The molecule has 2 N–H and O–H groups in total. The summed E-state index contributed by atoms with van der Waals surface area (Å²) in [6.45, 7) is 2.11. The van der Waals surface area contributed by atoms with E-state index in [-0.39, 0.29) is 6.04 Å². The molecule has 0 aliphatic heterocycles. The van der Waals surface area contributed by atoms with E-state index in [4.69, 9.17) is 17.3 Å². The van der Waals surface area contributed by atoms with Gasteiger partial charge in [0.15, 0.2) is 0 Å². The summed E-state index contributed by atoms with van der Waals surface area (Å²) in [5.41, 5.74) is 9.92. The van der Waals surface area contributed by atoms with Crippen LogP contribution in [0.5, 0.6) is 0 Å². The predicted octanol–water partition coefficient (Wildman–Crippen LogP) is 4.65. The van der Waals surface area contributed by atoms with Crippen LogP contribution in [0.1, 0.15) is 22.7 Å². The van der Waals surface area contributed by atoms with Crippen molar-refractivity contribution in [3.05, 3.63) is 68.7 Å². The summed E-state index contributed by atoms with van der Waals surface area (Å²) in [5.74, 6) is 0. The lowest BCUT2D eigenvalue weighted by atomic mass is 9.97. The summed E-state index contributed by atoms with van der Waals surface area (Å²) in [4.78, 5) is 0. The van der Waals surface area contributed by atoms with Crippen LogP contribution in [-0.2, 0) is 6.42 Å². The molecule has 0 amide bonds. The van der Waals surface area contributed by atoms with Gasteiger partial charge in [0, 0.05) is 15.5 Å². The number of hydrogen-bond acceptors (Lipinski definition) is 1. The molecule has 0 heterocycles. The number of hydrogen-bond donors (Lipinski definition) is 1. The van der Waals surface area contributed by atoms with Gasteiger partial charge in [0.25, 0.3) is 0 Å². The van der Waals surface area contributed by atoms with Gasteiger partial charge in [0.2, 0.25) is 0 Å². The molecule has 3 heteroatoms. The van der Waals surface area contributed by atoms with Gasteiger partial charge in [-0.25, -0.2) is 0 Å². The molecular weight excluding hydrogens is 310 g/mol. The van der Waals surface area contributed by atoms with Crippen LogP contribution in [0.15, 0.2) is 46.9 Å². The maximum atomic E-state index is 6.27. The van der Waals surface area contributed by atoms with Gasteiger partial charge in [-0.15, -0.1) is 0 Å². The minimum atomic E-state index is -0.0299. The SMILES string of the molecule is Cc1ccccc1CC(N)c1ccc(Cl)cc1Br. The first-order chi connectivity index (χ1) is 8.58. The van der Waals surface area contributed by atoms with Crippen LogP contribution < -0.4 is 5.73 Å². The van der Waals surface area contributed by atoms with Gasteiger partial charge in [0.1, 0.15) is 0 Å². The van der Waals surface area contributed by atoms with Crippen molar-refractivity contribution in [1.29, 1.82) is 0 Å². The number of halogens is 2. The van der Waals surface area contributed by atoms with E-state index in [1.807, 2.05) is 30.3 Å². The van der Waals surface area contributed by atoms with E-state index in [9.17, 15) is 0 Å². The number of aryl methyl sites for hydroxylation is 1. The minimum absolute atomic E-state index is 0.0299. The van der Waals surface area contributed by atoms with Crippen LogP contribution in [0, 0.1) is 6.92 Å². The standard InChI is InChI=1S/C15H15BrClN/c1-10-4-2-3-5-11(10)8-15(18)13-7-6-12(17)9-14(13)16/h2-7,9,15H,8,18H2,1H3. The van der Waals surface area contributed by atoms with Crippen molar-refractivity contribution in [2.24, 2.45) is 5.73 Å². The average Bonchev–Trinajstić information content (AvgIpc) is 2.32. The Morgan fingerprint density at radius 1 is 1.22 bits per heavy atom. The smallest absolute Gasteiger partial charge is 0.0417 e. The van der Waals surface area contributed by atoms with Crippen LogP contribution in [-0.4, -0.2) is 0 Å². The lowest BCUT2D eigenvalue weighted by Crippen LogP contribution is -2.14. The third kappa shape index (κ3) is 3.14. The fourth-order valence-corrected chi connectivity index (χ4v) is 2.96. The highest BCUT2D eigenvalue weighted by atomic mass is 79.9. The highest BCUT2D eigenvalue weighted by Gasteiger charge is 2.12. The van der Waals surface area contributed by atoms with Gasteiger partial charge in [-0.2, -0.15) is 0 Å².